The van der Waals surface area contributed by atoms with Crippen LogP contribution in [-0.2, 0) is 11.2 Å². The summed E-state index contributed by atoms with van der Waals surface area (Å²) in [4.78, 5) is 11.6. The Kier molecular flexibility index (Phi) is 6.57. The number of nitrogens with one attached hydrogen (secondary N) is 1. The highest BCUT2D eigenvalue weighted by Gasteiger charge is 2.20. The van der Waals surface area contributed by atoms with E-state index < -0.39 is 12.1 Å². The molecule has 6 heteroatoms. The van der Waals surface area contributed by atoms with E-state index in [1.807, 2.05) is 66.7 Å². The van der Waals surface area contributed by atoms with E-state index in [0.29, 0.717) is 12.4 Å². The van der Waals surface area contributed by atoms with Gasteiger partial charge in [-0.1, -0.05) is 42.5 Å². The van der Waals surface area contributed by atoms with Crippen LogP contribution < -0.4 is 19.5 Å². The molecule has 0 saturated carbocycles. The number of carbonyl (C=O) groups is 1. The fraction of sp³-hybridized carbons (Fsp3) is 0.240. The van der Waals surface area contributed by atoms with Crippen LogP contribution in [0.25, 0.3) is 0 Å². The number of hydrogen-bond acceptors (Lipinski definition) is 5. The lowest BCUT2D eigenvalue weighted by Gasteiger charge is -2.27. The van der Waals surface area contributed by atoms with Crippen molar-refractivity contribution < 1.29 is 24.1 Å². The van der Waals surface area contributed by atoms with Gasteiger partial charge in [0.2, 0.25) is 0 Å². The van der Waals surface area contributed by atoms with Gasteiger partial charge in [-0.25, -0.2) is 4.79 Å². The Morgan fingerprint density at radius 2 is 1.74 bits per heavy atom. The largest absolute Gasteiger partial charge is 0.493 e. The SMILES string of the molecule is O=C(O)C(Cc1ccc(OCCC2CNc3ccccc3O2)cc1)Oc1ccccc1. The summed E-state index contributed by atoms with van der Waals surface area (Å²) in [5.41, 5.74) is 1.89. The molecule has 0 bridgehead atoms. The molecule has 6 nitrogen and oxygen atoms in total. The van der Waals surface area contributed by atoms with Crippen molar-refractivity contribution in [2.45, 2.75) is 25.0 Å². The first-order chi connectivity index (χ1) is 15.2. The van der Waals surface area contributed by atoms with Gasteiger partial charge in [-0.3, -0.25) is 0 Å². The Morgan fingerprint density at radius 3 is 2.52 bits per heavy atom. The van der Waals surface area contributed by atoms with Crippen LogP contribution in [0, 0.1) is 0 Å². The van der Waals surface area contributed by atoms with Crippen molar-refractivity contribution >= 4 is 11.7 Å². The van der Waals surface area contributed by atoms with Gasteiger partial charge < -0.3 is 24.6 Å². The molecule has 0 aromatic heterocycles. The molecule has 0 amide bonds. The molecule has 0 spiro atoms. The van der Waals surface area contributed by atoms with Crippen molar-refractivity contribution in [3.8, 4) is 17.2 Å². The minimum absolute atomic E-state index is 0.0561. The number of para-hydroxylation sites is 3. The zero-order chi connectivity index (χ0) is 21.5. The summed E-state index contributed by atoms with van der Waals surface area (Å²) in [5, 5.41) is 12.9. The fourth-order valence-electron chi connectivity index (χ4n) is 3.41. The summed E-state index contributed by atoms with van der Waals surface area (Å²) in [5.74, 6) is 1.15. The number of carboxylic acids is 1. The third-order valence-electron chi connectivity index (χ3n) is 5.05. The van der Waals surface area contributed by atoms with Crippen molar-refractivity contribution in [1.82, 2.24) is 0 Å². The second kappa shape index (κ2) is 9.89. The summed E-state index contributed by atoms with van der Waals surface area (Å²) in [6.45, 7) is 1.28. The van der Waals surface area contributed by atoms with Gasteiger partial charge in [0.15, 0.2) is 6.10 Å². The molecule has 2 atom stereocenters. The molecule has 160 valence electrons. The second-order valence-electron chi connectivity index (χ2n) is 7.36. The second-order valence-corrected chi connectivity index (χ2v) is 7.36. The van der Waals surface area contributed by atoms with Crippen LogP contribution in [0.1, 0.15) is 12.0 Å². The topological polar surface area (TPSA) is 77.0 Å². The lowest BCUT2D eigenvalue weighted by Crippen LogP contribution is -2.32. The monoisotopic (exact) mass is 419 g/mol. The predicted molar refractivity (Wildman–Crippen MR) is 118 cm³/mol. The van der Waals surface area contributed by atoms with Gasteiger partial charge in [-0.2, -0.15) is 0 Å². The molecule has 1 heterocycles. The first kappa shape index (κ1) is 20.6. The van der Waals surface area contributed by atoms with Crippen LogP contribution in [0.2, 0.25) is 0 Å². The van der Waals surface area contributed by atoms with Crippen LogP contribution in [0.3, 0.4) is 0 Å². The van der Waals surface area contributed by atoms with E-state index in [2.05, 4.69) is 5.32 Å². The highest BCUT2D eigenvalue weighted by Crippen LogP contribution is 2.29. The smallest absolute Gasteiger partial charge is 0.345 e. The quantitative estimate of drug-likeness (QED) is 0.535. The lowest BCUT2D eigenvalue weighted by atomic mass is 10.1. The van der Waals surface area contributed by atoms with Gasteiger partial charge in [0, 0.05) is 12.8 Å². The molecular formula is C25H25NO5. The number of rotatable bonds is 9. The summed E-state index contributed by atoms with van der Waals surface area (Å²) >= 11 is 0. The minimum atomic E-state index is -0.994. The summed E-state index contributed by atoms with van der Waals surface area (Å²) in [6, 6.07) is 24.3. The Bertz CT molecular complexity index is 990. The maximum Gasteiger partial charge on any atom is 0.345 e. The maximum absolute atomic E-state index is 11.6. The van der Waals surface area contributed by atoms with Gasteiger partial charge in [-0.05, 0) is 42.0 Å². The first-order valence-corrected chi connectivity index (χ1v) is 10.3. The van der Waals surface area contributed by atoms with E-state index in [1.165, 1.54) is 0 Å². The van der Waals surface area contributed by atoms with Crippen LogP contribution in [0.4, 0.5) is 5.69 Å². The first-order valence-electron chi connectivity index (χ1n) is 10.3. The van der Waals surface area contributed by atoms with Gasteiger partial charge in [0.1, 0.15) is 23.4 Å². The van der Waals surface area contributed by atoms with Crippen LogP contribution in [-0.4, -0.2) is 36.4 Å². The summed E-state index contributed by atoms with van der Waals surface area (Å²) in [7, 11) is 0. The number of hydrogen-bond donors (Lipinski definition) is 2. The van der Waals surface area contributed by atoms with Gasteiger partial charge in [0.05, 0.1) is 18.8 Å². The van der Waals surface area contributed by atoms with Gasteiger partial charge >= 0.3 is 5.97 Å². The standard InChI is InChI=1S/C25H25NO5/c27-25(28)24(30-20-6-2-1-3-7-20)16-18-10-12-19(13-11-18)29-15-14-21-17-26-22-8-4-5-9-23(22)31-21/h1-13,21,24,26H,14-17H2,(H,27,28). The minimum Gasteiger partial charge on any atom is -0.493 e. The lowest BCUT2D eigenvalue weighted by molar-refractivity contribution is -0.145. The van der Waals surface area contributed by atoms with Crippen LogP contribution >= 0.6 is 0 Å². The molecule has 0 saturated heterocycles. The van der Waals surface area contributed by atoms with E-state index in [0.717, 1.165) is 35.7 Å². The molecule has 4 rings (SSSR count). The summed E-state index contributed by atoms with van der Waals surface area (Å²) < 4.78 is 17.5. The number of ether oxygens (including phenoxy) is 3. The molecule has 0 radical (unpaired) electrons. The van der Waals surface area contributed by atoms with Gasteiger partial charge in [-0.15, -0.1) is 0 Å². The zero-order valence-corrected chi connectivity index (χ0v) is 17.1. The van der Waals surface area contributed by atoms with Crippen LogP contribution in [0.15, 0.2) is 78.9 Å². The average molecular weight is 419 g/mol. The van der Waals surface area contributed by atoms with Crippen molar-refractivity contribution in [2.75, 3.05) is 18.5 Å². The Hall–Kier alpha value is -3.67. The molecule has 2 N–H and O–H groups in total. The molecule has 3 aromatic rings. The highest BCUT2D eigenvalue weighted by molar-refractivity contribution is 5.73. The normalized spacial score (nSPS) is 15.7. The van der Waals surface area contributed by atoms with E-state index in [9.17, 15) is 9.90 Å². The van der Waals surface area contributed by atoms with Crippen molar-refractivity contribution in [3.05, 3.63) is 84.4 Å². The third-order valence-corrected chi connectivity index (χ3v) is 5.05. The summed E-state index contributed by atoms with van der Waals surface area (Å²) in [6.07, 6.45) is 0.134. The molecular weight excluding hydrogens is 394 g/mol. The highest BCUT2D eigenvalue weighted by atomic mass is 16.5. The predicted octanol–water partition coefficient (Wildman–Crippen LogP) is 4.40. The molecule has 2 unspecified atom stereocenters. The maximum atomic E-state index is 11.6. The molecule has 31 heavy (non-hydrogen) atoms. The molecule has 3 aromatic carbocycles. The third kappa shape index (κ3) is 5.69. The van der Waals surface area contributed by atoms with E-state index in [4.69, 9.17) is 14.2 Å². The Labute approximate surface area is 181 Å². The number of carboxylic acid groups (broad SMARTS) is 1. The number of anilines is 1. The van der Waals surface area contributed by atoms with Gasteiger partial charge in [0.25, 0.3) is 0 Å². The number of aliphatic carboxylic acids is 1. The van der Waals surface area contributed by atoms with Crippen molar-refractivity contribution in [2.24, 2.45) is 0 Å². The molecule has 0 fully saturated rings. The molecule has 0 aliphatic carbocycles. The zero-order valence-electron chi connectivity index (χ0n) is 17.1. The number of fused-ring (bicyclic) bond motifs is 1. The van der Waals surface area contributed by atoms with E-state index in [-0.39, 0.29) is 12.5 Å². The van der Waals surface area contributed by atoms with Crippen LogP contribution in [0.5, 0.6) is 17.2 Å². The van der Waals surface area contributed by atoms with Crippen molar-refractivity contribution in [3.63, 3.8) is 0 Å². The van der Waals surface area contributed by atoms with E-state index in [1.54, 1.807) is 12.1 Å². The average Bonchev–Trinajstić information content (AvgIpc) is 2.80. The van der Waals surface area contributed by atoms with Crippen molar-refractivity contribution in [1.29, 1.82) is 0 Å². The Morgan fingerprint density at radius 1 is 1.00 bits per heavy atom. The molecule has 1 aliphatic rings. The molecule has 1 aliphatic heterocycles. The van der Waals surface area contributed by atoms with E-state index >= 15 is 0 Å². The fourth-order valence-corrected chi connectivity index (χ4v) is 3.41. The Balaban J connectivity index is 1.25. The number of benzene rings is 3.